The number of hydrogen-bond donors (Lipinski definition) is 0. The Hall–Kier alpha value is -0.273. The summed E-state index contributed by atoms with van der Waals surface area (Å²) in [5.41, 5.74) is 1.13. The lowest BCUT2D eigenvalue weighted by Crippen LogP contribution is -1.68. The predicted octanol–water partition coefficient (Wildman–Crippen LogP) is 2.05. The molecule has 1 rings (SSSR count). The van der Waals surface area contributed by atoms with Crippen LogP contribution in [0.15, 0.2) is 24.3 Å². The molecule has 0 aromatic heterocycles. The highest BCUT2D eigenvalue weighted by molar-refractivity contribution is 6.31. The minimum absolute atomic E-state index is 0.840. The highest BCUT2D eigenvalue weighted by atomic mass is 35.5. The molecule has 0 aliphatic heterocycles. The van der Waals surface area contributed by atoms with Crippen molar-refractivity contribution < 1.29 is 0 Å². The van der Waals surface area contributed by atoms with E-state index in [0.29, 0.717) is 0 Å². The van der Waals surface area contributed by atoms with Gasteiger partial charge < -0.3 is 0 Å². The fourth-order valence-corrected chi connectivity index (χ4v) is 0.687. The summed E-state index contributed by atoms with van der Waals surface area (Å²) in [6.45, 7) is 4.13. The zero-order valence-corrected chi connectivity index (χ0v) is 9.44. The molecular weight excluding hydrogens is 160 g/mol. The third kappa shape index (κ3) is 3.04. The van der Waals surface area contributed by atoms with Crippen LogP contribution in [-0.2, 0) is 0 Å². The smallest absolute Gasteiger partial charge is 0.0435 e. The predicted molar refractivity (Wildman–Crippen MR) is 52.0 cm³/mol. The van der Waals surface area contributed by atoms with Crippen LogP contribution in [-0.4, -0.2) is 10.2 Å². The van der Waals surface area contributed by atoms with Crippen LogP contribution in [0.5, 0.6) is 0 Å². The molecule has 2 heteroatoms. The average molecular weight is 173 g/mol. The second-order valence-corrected chi connectivity index (χ2v) is 2.16. The number of benzene rings is 1. The van der Waals surface area contributed by atoms with Gasteiger partial charge in [0.2, 0.25) is 0 Å². The van der Waals surface area contributed by atoms with Gasteiger partial charge in [0.1, 0.15) is 0 Å². The molecule has 0 spiro atoms. The molecule has 0 saturated carbocycles. The van der Waals surface area contributed by atoms with E-state index in [1.54, 1.807) is 0 Å². The molecule has 0 amide bonds. The Bertz CT molecular complexity index is 165. The summed E-state index contributed by atoms with van der Waals surface area (Å²) >= 11 is 5.71. The fourth-order valence-electron chi connectivity index (χ4n) is 0.551. The zero-order valence-electron chi connectivity index (χ0n) is 6.69. The van der Waals surface area contributed by atoms with Gasteiger partial charge in [0.25, 0.3) is 0 Å². The van der Waals surface area contributed by atoms with E-state index in [0.717, 1.165) is 10.6 Å². The molecule has 0 fully saturated rings. The first kappa shape index (κ1) is 9.73. The first-order valence-electron chi connectivity index (χ1n) is 3.52. The Morgan fingerprint density at radius 2 is 1.70 bits per heavy atom. The van der Waals surface area contributed by atoms with Crippen molar-refractivity contribution in [3.8, 4) is 0 Å². The van der Waals surface area contributed by atoms with E-state index in [-0.39, 0.29) is 0 Å². The van der Waals surface area contributed by atoms with Crippen molar-refractivity contribution in [1.29, 1.82) is 0 Å². The number of aryl methyl sites for hydroxylation is 1. The molecule has 0 saturated heterocycles. The Labute approximate surface area is 70.6 Å². The van der Waals surface area contributed by atoms with Crippen molar-refractivity contribution in [2.75, 3.05) is 0 Å². The number of hydrogen-bond acceptors (Lipinski definition) is 0. The summed E-state index contributed by atoms with van der Waals surface area (Å²) in [7, 11) is 1.31. The molecule has 1 aromatic carbocycles. The Morgan fingerprint density at radius 3 is 2.00 bits per heavy atom. The molecular formula is C8H13ClSi. The van der Waals surface area contributed by atoms with E-state index < -0.39 is 0 Å². The van der Waals surface area contributed by atoms with Crippen molar-refractivity contribution in [1.82, 2.24) is 0 Å². The van der Waals surface area contributed by atoms with Gasteiger partial charge in [0.05, 0.1) is 0 Å². The van der Waals surface area contributed by atoms with E-state index in [4.69, 9.17) is 11.6 Å². The summed E-state index contributed by atoms with van der Waals surface area (Å²) in [4.78, 5) is 0. The lowest BCUT2D eigenvalue weighted by atomic mass is 10.2. The van der Waals surface area contributed by atoms with Gasteiger partial charge in [-0.2, -0.15) is 0 Å². The standard InChI is InChI=1S/C7H7Cl.CH6Si/c1-6-4-2-3-5-7(6)8;1-2/h2-5H,1H3;1-2H3. The van der Waals surface area contributed by atoms with Crippen molar-refractivity contribution in [2.45, 2.75) is 13.5 Å². The van der Waals surface area contributed by atoms with Gasteiger partial charge in [0.15, 0.2) is 0 Å². The lowest BCUT2D eigenvalue weighted by Gasteiger charge is -1.90. The van der Waals surface area contributed by atoms with Crippen LogP contribution in [0.2, 0.25) is 11.6 Å². The van der Waals surface area contributed by atoms with Crippen LogP contribution in [0.1, 0.15) is 5.56 Å². The zero-order chi connectivity index (χ0) is 7.98. The van der Waals surface area contributed by atoms with Crippen molar-refractivity contribution in [3.63, 3.8) is 0 Å². The molecule has 0 radical (unpaired) electrons. The van der Waals surface area contributed by atoms with E-state index in [9.17, 15) is 0 Å². The van der Waals surface area contributed by atoms with Crippen LogP contribution in [0.3, 0.4) is 0 Å². The topological polar surface area (TPSA) is 0 Å². The van der Waals surface area contributed by atoms with Gasteiger partial charge in [-0.3, -0.25) is 0 Å². The molecule has 0 atom stereocenters. The molecule has 0 heterocycles. The summed E-state index contributed by atoms with van der Waals surface area (Å²) in [6.07, 6.45) is 0. The second-order valence-electron chi connectivity index (χ2n) is 1.75. The SMILES string of the molecule is C[SiH3].Cc1ccccc1Cl. The van der Waals surface area contributed by atoms with E-state index in [1.807, 2.05) is 31.2 Å². The third-order valence-corrected chi connectivity index (χ3v) is 1.50. The van der Waals surface area contributed by atoms with Crippen LogP contribution in [0, 0.1) is 6.92 Å². The van der Waals surface area contributed by atoms with Gasteiger partial charge >= 0.3 is 0 Å². The van der Waals surface area contributed by atoms with Crippen LogP contribution >= 0.6 is 11.6 Å². The first-order chi connectivity index (χ1) is 4.80. The maximum atomic E-state index is 5.71. The first-order valence-corrected chi connectivity index (χ1v) is 5.89. The molecule has 10 heavy (non-hydrogen) atoms. The summed E-state index contributed by atoms with van der Waals surface area (Å²) in [6, 6.07) is 7.77. The number of rotatable bonds is 0. The van der Waals surface area contributed by atoms with Crippen molar-refractivity contribution in [2.24, 2.45) is 0 Å². The lowest BCUT2D eigenvalue weighted by molar-refractivity contribution is 1.47. The van der Waals surface area contributed by atoms with Crippen LogP contribution in [0.25, 0.3) is 0 Å². The van der Waals surface area contributed by atoms with Crippen LogP contribution < -0.4 is 0 Å². The maximum absolute atomic E-state index is 5.71. The largest absolute Gasteiger partial charge is 0.0841 e. The maximum Gasteiger partial charge on any atom is 0.0435 e. The molecule has 0 unspecified atom stereocenters. The van der Waals surface area contributed by atoms with Gasteiger partial charge in [-0.1, -0.05) is 36.3 Å². The van der Waals surface area contributed by atoms with Crippen molar-refractivity contribution >= 4 is 21.8 Å². The summed E-state index contributed by atoms with van der Waals surface area (Å²) in [5, 5.41) is 0.840. The van der Waals surface area contributed by atoms with Gasteiger partial charge in [0, 0.05) is 5.02 Å². The van der Waals surface area contributed by atoms with E-state index in [2.05, 4.69) is 6.55 Å². The van der Waals surface area contributed by atoms with Gasteiger partial charge in [-0.25, -0.2) is 0 Å². The third-order valence-electron chi connectivity index (χ3n) is 1.08. The monoisotopic (exact) mass is 172 g/mol. The quantitative estimate of drug-likeness (QED) is 0.526. The van der Waals surface area contributed by atoms with Gasteiger partial charge in [-0.15, -0.1) is 0 Å². The van der Waals surface area contributed by atoms with Crippen LogP contribution in [0.4, 0.5) is 0 Å². The molecule has 0 bridgehead atoms. The number of halogens is 1. The Morgan fingerprint density at radius 1 is 1.20 bits per heavy atom. The highest BCUT2D eigenvalue weighted by Crippen LogP contribution is 2.11. The highest BCUT2D eigenvalue weighted by Gasteiger charge is 1.86. The minimum Gasteiger partial charge on any atom is -0.0841 e. The van der Waals surface area contributed by atoms with E-state index >= 15 is 0 Å². The average Bonchev–Trinajstić information content (AvgIpc) is 2.00. The summed E-state index contributed by atoms with van der Waals surface area (Å²) in [5.74, 6) is 0. The molecule has 56 valence electrons. The van der Waals surface area contributed by atoms with Gasteiger partial charge in [-0.05, 0) is 28.8 Å². The second kappa shape index (κ2) is 5.51. The minimum atomic E-state index is 0.840. The van der Waals surface area contributed by atoms with Crippen molar-refractivity contribution in [3.05, 3.63) is 34.9 Å². The summed E-state index contributed by atoms with van der Waals surface area (Å²) < 4.78 is 0. The molecule has 0 N–H and O–H groups in total. The normalized spacial score (nSPS) is 8.30. The Kier molecular flexibility index (Phi) is 5.36. The Balaban J connectivity index is 0.000000371. The molecule has 0 nitrogen and oxygen atoms in total. The molecule has 0 aliphatic rings. The molecule has 1 aromatic rings. The molecule has 0 aliphatic carbocycles. The van der Waals surface area contributed by atoms with E-state index in [1.165, 1.54) is 10.2 Å². The fraction of sp³-hybridized carbons (Fsp3) is 0.250.